The van der Waals surface area contributed by atoms with Gasteiger partial charge in [-0.05, 0) is 20.4 Å². The summed E-state index contributed by atoms with van der Waals surface area (Å²) < 4.78 is 20.3. The summed E-state index contributed by atoms with van der Waals surface area (Å²) in [7, 11) is 0. The van der Waals surface area contributed by atoms with Gasteiger partial charge in [-0.1, -0.05) is 6.92 Å². The maximum absolute atomic E-state index is 6.22. The van der Waals surface area contributed by atoms with Crippen LogP contribution in [-0.4, -0.2) is 56.7 Å². The van der Waals surface area contributed by atoms with Crippen molar-refractivity contribution in [1.29, 1.82) is 0 Å². The number of nitrogens with one attached hydrogen (secondary N) is 1. The number of imidazole rings is 1. The van der Waals surface area contributed by atoms with Gasteiger partial charge in [-0.3, -0.25) is 4.57 Å². The van der Waals surface area contributed by atoms with E-state index in [1.54, 1.807) is 18.7 Å². The first-order chi connectivity index (χ1) is 11.1. The first kappa shape index (κ1) is 14.9. The van der Waals surface area contributed by atoms with Crippen LogP contribution in [0.2, 0.25) is 0 Å². The molecule has 8 heteroatoms. The van der Waals surface area contributed by atoms with Crippen molar-refractivity contribution >= 4 is 11.3 Å². The van der Waals surface area contributed by atoms with Crippen LogP contribution in [-0.2, 0) is 14.2 Å². The van der Waals surface area contributed by atoms with Gasteiger partial charge in [0.2, 0.25) is 0 Å². The molecular formula is C15H21N5O3. The Kier molecular flexibility index (Phi) is 3.56. The third-order valence-electron chi connectivity index (χ3n) is 4.20. The van der Waals surface area contributed by atoms with Crippen molar-refractivity contribution in [2.75, 3.05) is 13.1 Å². The topological polar surface area (TPSA) is 83.3 Å². The summed E-state index contributed by atoms with van der Waals surface area (Å²) in [6.07, 6.45) is 4.25. The van der Waals surface area contributed by atoms with Crippen LogP contribution in [0.15, 0.2) is 18.7 Å². The third kappa shape index (κ3) is 2.51. The normalized spacial score (nSPS) is 32.5. The van der Waals surface area contributed by atoms with Gasteiger partial charge in [-0.15, -0.1) is 0 Å². The molecule has 2 aromatic rings. The first-order valence-electron chi connectivity index (χ1n) is 7.94. The molecule has 4 rings (SSSR count). The molecule has 0 bridgehead atoms. The van der Waals surface area contributed by atoms with Gasteiger partial charge in [0.05, 0.1) is 0 Å². The van der Waals surface area contributed by atoms with E-state index in [1.165, 1.54) is 0 Å². The lowest BCUT2D eigenvalue weighted by atomic mass is 10.1. The van der Waals surface area contributed by atoms with Crippen molar-refractivity contribution in [2.24, 2.45) is 0 Å². The van der Waals surface area contributed by atoms with Gasteiger partial charge >= 0.3 is 0 Å². The average Bonchev–Trinajstić information content (AvgIpc) is 3.16. The van der Waals surface area contributed by atoms with E-state index in [-0.39, 0.29) is 24.5 Å². The summed E-state index contributed by atoms with van der Waals surface area (Å²) in [6, 6.07) is 0. The Labute approximate surface area is 134 Å². The number of fused-ring (bicyclic) bond motifs is 2. The molecule has 4 atom stereocenters. The van der Waals surface area contributed by atoms with Gasteiger partial charge in [0.1, 0.15) is 24.6 Å². The molecule has 2 aliphatic heterocycles. The SMILES string of the molecule is CCNCC1O[C@@H](n2cnc3nccnc32)C2OC(C)(C)O[C@H]12. The summed E-state index contributed by atoms with van der Waals surface area (Å²) in [6.45, 7) is 7.52. The largest absolute Gasteiger partial charge is 0.348 e. The van der Waals surface area contributed by atoms with Gasteiger partial charge in [-0.25, -0.2) is 15.0 Å². The molecule has 2 fully saturated rings. The highest BCUT2D eigenvalue weighted by Gasteiger charge is 2.55. The first-order valence-corrected chi connectivity index (χ1v) is 7.94. The molecule has 2 unspecified atom stereocenters. The van der Waals surface area contributed by atoms with Crippen molar-refractivity contribution in [1.82, 2.24) is 24.8 Å². The molecule has 2 saturated heterocycles. The standard InChI is InChI=1S/C15H21N5O3/c1-4-16-7-9-10-11(23-15(2,3)22-10)14(21-9)20-8-19-12-13(20)18-6-5-17-12/h5-6,8-11,14,16H,4,7H2,1-3H3/t9?,10-,11?,14-/m1/s1. The lowest BCUT2D eigenvalue weighted by Crippen LogP contribution is -2.37. The maximum Gasteiger partial charge on any atom is 0.197 e. The van der Waals surface area contributed by atoms with Crippen LogP contribution in [0.25, 0.3) is 11.3 Å². The molecule has 124 valence electrons. The molecule has 1 N–H and O–H groups in total. The second-order valence-electron chi connectivity index (χ2n) is 6.29. The molecule has 0 amide bonds. The van der Waals surface area contributed by atoms with Gasteiger partial charge in [-0.2, -0.15) is 0 Å². The Hall–Kier alpha value is -1.61. The second kappa shape index (κ2) is 5.48. The number of likely N-dealkylation sites (N-methyl/N-ethyl adjacent to an activating group) is 1. The van der Waals surface area contributed by atoms with Gasteiger partial charge in [0.25, 0.3) is 0 Å². The fourth-order valence-electron chi connectivity index (χ4n) is 3.29. The van der Waals surface area contributed by atoms with Crippen LogP contribution < -0.4 is 5.32 Å². The highest BCUT2D eigenvalue weighted by molar-refractivity contribution is 5.64. The van der Waals surface area contributed by atoms with Crippen LogP contribution in [0.4, 0.5) is 0 Å². The predicted molar refractivity (Wildman–Crippen MR) is 81.6 cm³/mol. The predicted octanol–water partition coefficient (Wildman–Crippen LogP) is 0.853. The van der Waals surface area contributed by atoms with E-state index in [1.807, 2.05) is 18.4 Å². The molecule has 4 heterocycles. The van der Waals surface area contributed by atoms with E-state index in [2.05, 4.69) is 27.2 Å². The number of aromatic nitrogens is 4. The zero-order valence-electron chi connectivity index (χ0n) is 13.5. The van der Waals surface area contributed by atoms with E-state index in [0.29, 0.717) is 17.8 Å². The van der Waals surface area contributed by atoms with E-state index in [9.17, 15) is 0 Å². The fraction of sp³-hybridized carbons (Fsp3) is 0.667. The monoisotopic (exact) mass is 319 g/mol. The number of ether oxygens (including phenoxy) is 3. The number of hydrogen-bond donors (Lipinski definition) is 1. The summed E-state index contributed by atoms with van der Waals surface area (Å²) >= 11 is 0. The van der Waals surface area contributed by atoms with Gasteiger partial charge in [0.15, 0.2) is 23.3 Å². The van der Waals surface area contributed by atoms with Crippen LogP contribution in [0, 0.1) is 0 Å². The number of rotatable bonds is 4. The summed E-state index contributed by atoms with van der Waals surface area (Å²) in [5.74, 6) is -0.621. The molecule has 0 spiro atoms. The van der Waals surface area contributed by atoms with E-state index in [0.717, 1.165) is 6.54 Å². The van der Waals surface area contributed by atoms with Crippen LogP contribution in [0.1, 0.15) is 27.0 Å². The second-order valence-corrected chi connectivity index (χ2v) is 6.29. The number of hydrogen-bond acceptors (Lipinski definition) is 7. The maximum atomic E-state index is 6.22. The minimum absolute atomic E-state index is 0.0825. The zero-order chi connectivity index (χ0) is 16.0. The third-order valence-corrected chi connectivity index (χ3v) is 4.20. The Morgan fingerprint density at radius 1 is 1.17 bits per heavy atom. The quantitative estimate of drug-likeness (QED) is 0.894. The highest BCUT2D eigenvalue weighted by atomic mass is 16.8. The van der Waals surface area contributed by atoms with Crippen LogP contribution >= 0.6 is 0 Å². The Balaban J connectivity index is 1.68. The molecule has 0 radical (unpaired) electrons. The Morgan fingerprint density at radius 3 is 2.78 bits per heavy atom. The molecule has 0 aromatic carbocycles. The highest BCUT2D eigenvalue weighted by Crippen LogP contribution is 2.43. The molecule has 23 heavy (non-hydrogen) atoms. The Morgan fingerprint density at radius 2 is 1.96 bits per heavy atom. The summed E-state index contributed by atoms with van der Waals surface area (Å²) in [5, 5.41) is 3.32. The van der Waals surface area contributed by atoms with Crippen LogP contribution in [0.3, 0.4) is 0 Å². The summed E-state index contributed by atoms with van der Waals surface area (Å²) in [4.78, 5) is 12.9. The van der Waals surface area contributed by atoms with E-state index in [4.69, 9.17) is 14.2 Å². The minimum atomic E-state index is -0.621. The van der Waals surface area contributed by atoms with Crippen molar-refractivity contribution in [3.63, 3.8) is 0 Å². The Bertz CT molecular complexity index is 703. The average molecular weight is 319 g/mol. The van der Waals surface area contributed by atoms with E-state index < -0.39 is 5.79 Å². The summed E-state index contributed by atoms with van der Waals surface area (Å²) in [5.41, 5.74) is 1.29. The lowest BCUT2D eigenvalue weighted by Gasteiger charge is -2.24. The van der Waals surface area contributed by atoms with Gasteiger partial charge < -0.3 is 19.5 Å². The van der Waals surface area contributed by atoms with E-state index >= 15 is 0 Å². The molecule has 2 aromatic heterocycles. The smallest absolute Gasteiger partial charge is 0.197 e. The van der Waals surface area contributed by atoms with Crippen LogP contribution in [0.5, 0.6) is 0 Å². The van der Waals surface area contributed by atoms with Crippen molar-refractivity contribution in [3.8, 4) is 0 Å². The molecule has 0 saturated carbocycles. The zero-order valence-corrected chi connectivity index (χ0v) is 13.5. The van der Waals surface area contributed by atoms with Crippen molar-refractivity contribution in [2.45, 2.75) is 51.1 Å². The van der Waals surface area contributed by atoms with Crippen molar-refractivity contribution in [3.05, 3.63) is 18.7 Å². The molecule has 8 nitrogen and oxygen atoms in total. The fourth-order valence-corrected chi connectivity index (χ4v) is 3.29. The molecule has 2 aliphatic rings. The molecular weight excluding hydrogens is 298 g/mol. The van der Waals surface area contributed by atoms with Gasteiger partial charge in [0, 0.05) is 18.9 Å². The lowest BCUT2D eigenvalue weighted by molar-refractivity contribution is -0.195. The van der Waals surface area contributed by atoms with Crippen molar-refractivity contribution < 1.29 is 14.2 Å². The molecule has 0 aliphatic carbocycles. The minimum Gasteiger partial charge on any atom is -0.348 e. The number of nitrogens with zero attached hydrogens (tertiary/aromatic N) is 4.